The highest BCUT2D eigenvalue weighted by atomic mass is 79.9. The molecule has 2 heterocycles. The third-order valence-electron chi connectivity index (χ3n) is 3.17. The molecular formula is C15H10BrNO4. The van der Waals surface area contributed by atoms with Gasteiger partial charge >= 0.3 is 0 Å². The van der Waals surface area contributed by atoms with Crippen LogP contribution in [0, 0.1) is 11.3 Å². The van der Waals surface area contributed by atoms with Crippen molar-refractivity contribution in [2.75, 3.05) is 13.2 Å². The highest BCUT2D eigenvalue weighted by Gasteiger charge is 2.26. The molecule has 0 aliphatic carbocycles. The Morgan fingerprint density at radius 1 is 1.24 bits per heavy atom. The van der Waals surface area contributed by atoms with Gasteiger partial charge in [-0.15, -0.1) is 0 Å². The fourth-order valence-corrected chi connectivity index (χ4v) is 2.58. The summed E-state index contributed by atoms with van der Waals surface area (Å²) >= 11 is 3.16. The number of hydrogen-bond acceptors (Lipinski definition) is 5. The van der Waals surface area contributed by atoms with Crippen molar-refractivity contribution in [2.24, 2.45) is 0 Å². The topological polar surface area (TPSA) is 72.5 Å². The van der Waals surface area contributed by atoms with Crippen LogP contribution in [0.25, 0.3) is 0 Å². The molecule has 5 nitrogen and oxygen atoms in total. The first kappa shape index (κ1) is 13.7. The molecule has 0 spiro atoms. The molecule has 0 fully saturated rings. The second-order valence-corrected chi connectivity index (χ2v) is 5.16. The summed E-state index contributed by atoms with van der Waals surface area (Å²) in [6.07, 6.45) is 1.40. The molecule has 1 aromatic heterocycles. The van der Waals surface area contributed by atoms with E-state index in [1.807, 2.05) is 6.07 Å². The fraction of sp³-hybridized carbons (Fsp3) is 0.200. The molecule has 1 unspecified atom stereocenters. The summed E-state index contributed by atoms with van der Waals surface area (Å²) in [6, 6.07) is 8.66. The van der Waals surface area contributed by atoms with Crippen molar-refractivity contribution in [3.8, 4) is 17.6 Å². The first-order valence-corrected chi connectivity index (χ1v) is 7.06. The Kier molecular flexibility index (Phi) is 3.67. The number of nitrogens with zero attached hydrogens (tertiary/aromatic N) is 1. The van der Waals surface area contributed by atoms with Crippen LogP contribution in [0.5, 0.6) is 11.5 Å². The monoisotopic (exact) mass is 347 g/mol. The minimum Gasteiger partial charge on any atom is -0.486 e. The molecule has 0 saturated carbocycles. The molecule has 6 heteroatoms. The van der Waals surface area contributed by atoms with E-state index in [1.54, 1.807) is 18.2 Å². The van der Waals surface area contributed by atoms with Gasteiger partial charge in [0.2, 0.25) is 0 Å². The number of benzene rings is 1. The Morgan fingerprint density at radius 3 is 2.67 bits per heavy atom. The average Bonchev–Trinajstić information content (AvgIpc) is 2.94. The van der Waals surface area contributed by atoms with Gasteiger partial charge in [0.05, 0.1) is 17.9 Å². The minimum absolute atomic E-state index is 0.324. The van der Waals surface area contributed by atoms with E-state index in [1.165, 1.54) is 12.3 Å². The first-order chi connectivity index (χ1) is 10.2. The smallest absolute Gasteiger partial charge is 0.188 e. The third-order valence-corrected chi connectivity index (χ3v) is 3.79. The predicted molar refractivity (Wildman–Crippen MR) is 76.5 cm³/mol. The predicted octanol–water partition coefficient (Wildman–Crippen LogP) is 3.30. The van der Waals surface area contributed by atoms with Crippen LogP contribution < -0.4 is 9.47 Å². The largest absolute Gasteiger partial charge is 0.486 e. The summed E-state index contributed by atoms with van der Waals surface area (Å²) < 4.78 is 16.3. The molecule has 0 N–H and O–H groups in total. The Labute approximate surface area is 129 Å². The number of ketones is 1. The van der Waals surface area contributed by atoms with Gasteiger partial charge in [-0.2, -0.15) is 5.26 Å². The van der Waals surface area contributed by atoms with Gasteiger partial charge in [-0.3, -0.25) is 4.79 Å². The molecule has 1 aliphatic rings. The molecule has 0 amide bonds. The van der Waals surface area contributed by atoms with Crippen LogP contribution in [-0.2, 0) is 0 Å². The van der Waals surface area contributed by atoms with Crippen molar-refractivity contribution < 1.29 is 18.7 Å². The van der Waals surface area contributed by atoms with Gasteiger partial charge in [0.15, 0.2) is 22.0 Å². The van der Waals surface area contributed by atoms with Gasteiger partial charge in [-0.25, -0.2) is 0 Å². The summed E-state index contributed by atoms with van der Waals surface area (Å²) in [7, 11) is 0. The van der Waals surface area contributed by atoms with Gasteiger partial charge < -0.3 is 13.9 Å². The maximum Gasteiger partial charge on any atom is 0.188 e. The molecule has 0 radical (unpaired) electrons. The van der Waals surface area contributed by atoms with E-state index >= 15 is 0 Å². The highest BCUT2D eigenvalue weighted by Crippen LogP contribution is 2.34. The van der Waals surface area contributed by atoms with Gasteiger partial charge in [-0.05, 0) is 39.7 Å². The number of nitriles is 1. The lowest BCUT2D eigenvalue weighted by molar-refractivity contribution is 0.0977. The number of hydrogen-bond donors (Lipinski definition) is 0. The Balaban J connectivity index is 1.95. The van der Waals surface area contributed by atoms with Crippen LogP contribution in [0.3, 0.4) is 0 Å². The molecule has 1 aliphatic heterocycles. The van der Waals surface area contributed by atoms with Gasteiger partial charge in [0.25, 0.3) is 0 Å². The van der Waals surface area contributed by atoms with Crippen molar-refractivity contribution in [2.45, 2.75) is 5.92 Å². The minimum atomic E-state index is -0.922. The fourth-order valence-electron chi connectivity index (χ4n) is 2.15. The van der Waals surface area contributed by atoms with Crippen LogP contribution >= 0.6 is 15.9 Å². The number of halogens is 1. The maximum atomic E-state index is 12.4. The lowest BCUT2D eigenvalue weighted by atomic mass is 9.92. The van der Waals surface area contributed by atoms with E-state index in [0.717, 1.165) is 0 Å². The molecule has 106 valence electrons. The van der Waals surface area contributed by atoms with Gasteiger partial charge in [0, 0.05) is 0 Å². The Hall–Kier alpha value is -2.26. The normalized spacial score (nSPS) is 14.3. The summed E-state index contributed by atoms with van der Waals surface area (Å²) in [6.45, 7) is 0.948. The van der Waals surface area contributed by atoms with Crippen molar-refractivity contribution in [1.29, 1.82) is 5.26 Å². The summed E-state index contributed by atoms with van der Waals surface area (Å²) in [4.78, 5) is 12.4. The zero-order valence-corrected chi connectivity index (χ0v) is 12.4. The van der Waals surface area contributed by atoms with Crippen molar-refractivity contribution in [3.05, 3.63) is 46.3 Å². The molecule has 0 saturated heterocycles. The second-order valence-electron chi connectivity index (χ2n) is 4.44. The number of fused-ring (bicyclic) bond motifs is 1. The number of ether oxygens (including phenoxy) is 2. The van der Waals surface area contributed by atoms with E-state index < -0.39 is 5.92 Å². The summed E-state index contributed by atoms with van der Waals surface area (Å²) in [5.41, 5.74) is 0.913. The van der Waals surface area contributed by atoms with Gasteiger partial charge in [0.1, 0.15) is 19.1 Å². The number of rotatable bonds is 3. The number of furan rings is 1. The third kappa shape index (κ3) is 2.52. The quantitative estimate of drug-likeness (QED) is 0.796. The molecule has 0 bridgehead atoms. The van der Waals surface area contributed by atoms with E-state index in [9.17, 15) is 10.1 Å². The summed E-state index contributed by atoms with van der Waals surface area (Å²) in [5.74, 6) is -0.0683. The van der Waals surface area contributed by atoms with Crippen LogP contribution in [0.2, 0.25) is 0 Å². The van der Waals surface area contributed by atoms with Crippen LogP contribution in [0.15, 0.2) is 39.6 Å². The lowest BCUT2D eigenvalue weighted by Crippen LogP contribution is -2.16. The highest BCUT2D eigenvalue weighted by molar-refractivity contribution is 9.10. The van der Waals surface area contributed by atoms with E-state index in [-0.39, 0.29) is 5.78 Å². The number of carbonyl (C=O) groups is 1. The van der Waals surface area contributed by atoms with E-state index in [0.29, 0.717) is 40.5 Å². The van der Waals surface area contributed by atoms with Crippen LogP contribution in [0.4, 0.5) is 0 Å². The molecule has 3 rings (SSSR count). The average molecular weight is 348 g/mol. The van der Waals surface area contributed by atoms with E-state index in [4.69, 9.17) is 13.9 Å². The van der Waals surface area contributed by atoms with Crippen molar-refractivity contribution >= 4 is 21.7 Å². The molecule has 1 aromatic carbocycles. The molecule has 1 atom stereocenters. The molecular weight excluding hydrogens is 338 g/mol. The Bertz CT molecular complexity index is 732. The summed E-state index contributed by atoms with van der Waals surface area (Å²) in [5, 5.41) is 9.35. The lowest BCUT2D eigenvalue weighted by Gasteiger charge is -2.19. The second kappa shape index (κ2) is 5.62. The maximum absolute atomic E-state index is 12.4. The Morgan fingerprint density at radius 2 is 2.00 bits per heavy atom. The zero-order valence-electron chi connectivity index (χ0n) is 10.8. The molecule has 21 heavy (non-hydrogen) atoms. The number of carbonyl (C=O) groups excluding carboxylic acids is 1. The van der Waals surface area contributed by atoms with Crippen molar-refractivity contribution in [3.63, 3.8) is 0 Å². The van der Waals surface area contributed by atoms with Crippen molar-refractivity contribution in [1.82, 2.24) is 0 Å². The first-order valence-electron chi connectivity index (χ1n) is 6.27. The number of Topliss-reactive ketones (excluding diaryl/α,β-unsaturated/α-hetero) is 1. The standard InChI is InChI=1S/C15H10BrNO4/c16-15-10(3-4-21-15)14(18)11(8-17)9-1-2-12-13(7-9)20-6-5-19-12/h1-4,7,11H,5-6H2. The van der Waals surface area contributed by atoms with E-state index in [2.05, 4.69) is 15.9 Å². The van der Waals surface area contributed by atoms with Crippen LogP contribution in [-0.4, -0.2) is 19.0 Å². The SMILES string of the molecule is N#CC(C(=O)c1ccoc1Br)c1ccc2c(c1)OCCO2. The van der Waals surface area contributed by atoms with Crippen LogP contribution in [0.1, 0.15) is 21.8 Å². The van der Waals surface area contributed by atoms with Gasteiger partial charge in [-0.1, -0.05) is 6.07 Å². The molecule has 2 aromatic rings. The zero-order chi connectivity index (χ0) is 14.8.